The molecule has 0 fully saturated rings. The highest BCUT2D eigenvalue weighted by Gasteiger charge is 2.04. The normalized spacial score (nSPS) is 11.5. The molecule has 0 aliphatic carbocycles. The molecule has 1 aromatic carbocycles. The summed E-state index contributed by atoms with van der Waals surface area (Å²) < 4.78 is 0. The Bertz CT molecular complexity index is 336. The molecular formula is C8H10N2O3. The monoisotopic (exact) mass is 182 g/mol. The first kappa shape index (κ1) is 9.18. The lowest BCUT2D eigenvalue weighted by Gasteiger charge is -2.03. The van der Waals surface area contributed by atoms with Crippen LogP contribution in [0.2, 0.25) is 0 Å². The molecule has 0 atom stereocenters. The van der Waals surface area contributed by atoms with E-state index in [9.17, 15) is 5.11 Å². The number of benzene rings is 1. The molecule has 0 bridgehead atoms. The predicted octanol–water partition coefficient (Wildman–Crippen LogP) is 0.387. The Morgan fingerprint density at radius 3 is 2.62 bits per heavy atom. The van der Waals surface area contributed by atoms with Crippen molar-refractivity contribution in [3.05, 3.63) is 23.8 Å². The van der Waals surface area contributed by atoms with Crippen LogP contribution < -0.4 is 5.73 Å². The molecule has 0 amide bonds. The Morgan fingerprint density at radius 2 is 2.08 bits per heavy atom. The topological polar surface area (TPSA) is 99.1 Å². The summed E-state index contributed by atoms with van der Waals surface area (Å²) in [4.78, 5) is 0. The quantitative estimate of drug-likeness (QED) is 0.230. The number of nitrogens with zero attached hydrogens (tertiary/aromatic N) is 1. The first-order chi connectivity index (χ1) is 6.13. The van der Waals surface area contributed by atoms with Gasteiger partial charge in [0, 0.05) is 18.1 Å². The van der Waals surface area contributed by atoms with Gasteiger partial charge in [0.1, 0.15) is 17.3 Å². The van der Waals surface area contributed by atoms with Gasteiger partial charge < -0.3 is 21.2 Å². The van der Waals surface area contributed by atoms with Crippen molar-refractivity contribution in [1.82, 2.24) is 0 Å². The fourth-order valence-corrected chi connectivity index (χ4v) is 0.932. The van der Waals surface area contributed by atoms with E-state index in [1.165, 1.54) is 18.2 Å². The van der Waals surface area contributed by atoms with Crippen LogP contribution in [0.4, 0.5) is 0 Å². The maximum atomic E-state index is 9.28. The molecule has 0 radical (unpaired) electrons. The van der Waals surface area contributed by atoms with E-state index >= 15 is 0 Å². The Kier molecular flexibility index (Phi) is 2.59. The molecule has 5 heteroatoms. The SMILES string of the molecule is NC(Cc1ccc(O)cc1O)=NO. The van der Waals surface area contributed by atoms with Gasteiger partial charge in [-0.1, -0.05) is 11.2 Å². The van der Waals surface area contributed by atoms with Gasteiger partial charge in [-0.25, -0.2) is 0 Å². The third kappa shape index (κ3) is 2.26. The number of aromatic hydroxyl groups is 2. The van der Waals surface area contributed by atoms with E-state index in [4.69, 9.17) is 16.0 Å². The molecule has 0 aliphatic heterocycles. The highest BCUT2D eigenvalue weighted by molar-refractivity contribution is 5.82. The van der Waals surface area contributed by atoms with Crippen molar-refractivity contribution < 1.29 is 15.4 Å². The summed E-state index contributed by atoms with van der Waals surface area (Å²) in [7, 11) is 0. The van der Waals surface area contributed by atoms with E-state index in [2.05, 4.69) is 5.16 Å². The van der Waals surface area contributed by atoms with Crippen LogP contribution in [0.5, 0.6) is 11.5 Å². The fraction of sp³-hybridized carbons (Fsp3) is 0.125. The molecule has 0 heterocycles. The molecule has 13 heavy (non-hydrogen) atoms. The van der Waals surface area contributed by atoms with Gasteiger partial charge in [-0.2, -0.15) is 0 Å². The van der Waals surface area contributed by atoms with Crippen LogP contribution in [0.3, 0.4) is 0 Å². The number of nitrogens with two attached hydrogens (primary N) is 1. The lowest BCUT2D eigenvalue weighted by Crippen LogP contribution is -2.14. The number of hydrogen-bond donors (Lipinski definition) is 4. The standard InChI is InChI=1S/C8H10N2O3/c9-8(10-13)3-5-1-2-6(11)4-7(5)12/h1-2,4,11-13H,3H2,(H2,9,10). The fourth-order valence-electron chi connectivity index (χ4n) is 0.932. The van der Waals surface area contributed by atoms with E-state index < -0.39 is 0 Å². The molecule has 0 aromatic heterocycles. The molecule has 0 saturated heterocycles. The maximum Gasteiger partial charge on any atom is 0.143 e. The summed E-state index contributed by atoms with van der Waals surface area (Å²) >= 11 is 0. The molecule has 0 unspecified atom stereocenters. The largest absolute Gasteiger partial charge is 0.508 e. The minimum atomic E-state index is -0.0772. The minimum Gasteiger partial charge on any atom is -0.508 e. The summed E-state index contributed by atoms with van der Waals surface area (Å²) in [6.07, 6.45) is 0.141. The number of rotatable bonds is 2. The van der Waals surface area contributed by atoms with Crippen molar-refractivity contribution in [3.63, 3.8) is 0 Å². The molecular weight excluding hydrogens is 172 g/mol. The first-order valence-electron chi connectivity index (χ1n) is 3.60. The van der Waals surface area contributed by atoms with Gasteiger partial charge in [0.15, 0.2) is 0 Å². The molecule has 1 aromatic rings. The van der Waals surface area contributed by atoms with E-state index in [1.807, 2.05) is 0 Å². The Labute approximate surface area is 74.7 Å². The van der Waals surface area contributed by atoms with Crippen molar-refractivity contribution >= 4 is 5.84 Å². The van der Waals surface area contributed by atoms with Gasteiger partial charge >= 0.3 is 0 Å². The molecule has 1 rings (SSSR count). The van der Waals surface area contributed by atoms with Crippen LogP contribution in [0.1, 0.15) is 5.56 Å². The molecule has 0 saturated carbocycles. The third-order valence-corrected chi connectivity index (χ3v) is 1.57. The first-order valence-corrected chi connectivity index (χ1v) is 3.60. The van der Waals surface area contributed by atoms with E-state index in [-0.39, 0.29) is 23.8 Å². The van der Waals surface area contributed by atoms with Crippen molar-refractivity contribution in [2.45, 2.75) is 6.42 Å². The van der Waals surface area contributed by atoms with Crippen molar-refractivity contribution in [2.75, 3.05) is 0 Å². The number of phenolic OH excluding ortho intramolecular Hbond substituents is 2. The van der Waals surface area contributed by atoms with Gasteiger partial charge in [0.05, 0.1) is 0 Å². The molecule has 5 nitrogen and oxygen atoms in total. The summed E-state index contributed by atoms with van der Waals surface area (Å²) in [5, 5.41) is 29.3. The van der Waals surface area contributed by atoms with Gasteiger partial charge in [-0.3, -0.25) is 0 Å². The van der Waals surface area contributed by atoms with Crippen molar-refractivity contribution in [3.8, 4) is 11.5 Å². The van der Waals surface area contributed by atoms with Gasteiger partial charge in [-0.15, -0.1) is 0 Å². The van der Waals surface area contributed by atoms with Gasteiger partial charge in [0.2, 0.25) is 0 Å². The molecule has 0 aliphatic rings. The van der Waals surface area contributed by atoms with Crippen LogP contribution in [-0.2, 0) is 6.42 Å². The van der Waals surface area contributed by atoms with Crippen LogP contribution in [0.15, 0.2) is 23.4 Å². The number of phenols is 2. The number of oxime groups is 1. The van der Waals surface area contributed by atoms with Gasteiger partial charge in [-0.05, 0) is 6.07 Å². The maximum absolute atomic E-state index is 9.28. The summed E-state index contributed by atoms with van der Waals surface area (Å²) in [5.74, 6) is -0.103. The van der Waals surface area contributed by atoms with E-state index in [1.54, 1.807) is 0 Å². The molecule has 5 N–H and O–H groups in total. The Balaban J connectivity index is 2.90. The average Bonchev–Trinajstić information content (AvgIpc) is 2.09. The second-order valence-electron chi connectivity index (χ2n) is 2.58. The zero-order chi connectivity index (χ0) is 9.84. The van der Waals surface area contributed by atoms with Crippen LogP contribution in [0, 0.1) is 0 Å². The highest BCUT2D eigenvalue weighted by Crippen LogP contribution is 2.22. The number of amidine groups is 1. The van der Waals surface area contributed by atoms with Crippen LogP contribution in [0.25, 0.3) is 0 Å². The van der Waals surface area contributed by atoms with E-state index in [0.717, 1.165) is 0 Å². The summed E-state index contributed by atoms with van der Waals surface area (Å²) in [6, 6.07) is 4.11. The lowest BCUT2D eigenvalue weighted by molar-refractivity contribution is 0.317. The average molecular weight is 182 g/mol. The second-order valence-corrected chi connectivity index (χ2v) is 2.58. The summed E-state index contributed by atoms with van der Waals surface area (Å²) in [5.41, 5.74) is 5.73. The second kappa shape index (κ2) is 3.66. The molecule has 0 spiro atoms. The zero-order valence-corrected chi connectivity index (χ0v) is 6.81. The Morgan fingerprint density at radius 1 is 1.38 bits per heavy atom. The van der Waals surface area contributed by atoms with Crippen LogP contribution in [-0.4, -0.2) is 21.3 Å². The Hall–Kier alpha value is -1.91. The number of hydrogen-bond acceptors (Lipinski definition) is 4. The third-order valence-electron chi connectivity index (χ3n) is 1.57. The van der Waals surface area contributed by atoms with Crippen molar-refractivity contribution in [1.29, 1.82) is 0 Å². The molecule has 70 valence electrons. The highest BCUT2D eigenvalue weighted by atomic mass is 16.4. The lowest BCUT2D eigenvalue weighted by atomic mass is 10.1. The zero-order valence-electron chi connectivity index (χ0n) is 6.81. The van der Waals surface area contributed by atoms with Gasteiger partial charge in [0.25, 0.3) is 0 Å². The van der Waals surface area contributed by atoms with Crippen molar-refractivity contribution in [2.24, 2.45) is 10.9 Å². The summed E-state index contributed by atoms with van der Waals surface area (Å²) in [6.45, 7) is 0. The van der Waals surface area contributed by atoms with Crippen LogP contribution >= 0.6 is 0 Å². The smallest absolute Gasteiger partial charge is 0.143 e. The van der Waals surface area contributed by atoms with E-state index in [0.29, 0.717) is 5.56 Å². The predicted molar refractivity (Wildman–Crippen MR) is 46.9 cm³/mol. The minimum absolute atomic E-state index is 0.000916.